The van der Waals surface area contributed by atoms with Crippen molar-refractivity contribution in [3.63, 3.8) is 0 Å². The van der Waals surface area contributed by atoms with E-state index >= 15 is 0 Å². The third-order valence-corrected chi connectivity index (χ3v) is 3.61. The molecule has 6 nitrogen and oxygen atoms in total. The minimum Gasteiger partial charge on any atom is -0.445 e. The van der Waals surface area contributed by atoms with Gasteiger partial charge in [-0.15, -0.1) is 0 Å². The first-order valence-electron chi connectivity index (χ1n) is 8.46. The van der Waals surface area contributed by atoms with Crippen molar-refractivity contribution < 1.29 is 19.1 Å². The van der Waals surface area contributed by atoms with Crippen LogP contribution >= 0.6 is 0 Å². The minimum atomic E-state index is -0.524. The van der Waals surface area contributed by atoms with Gasteiger partial charge in [-0.3, -0.25) is 4.90 Å². The van der Waals surface area contributed by atoms with Gasteiger partial charge in [0.2, 0.25) is 0 Å². The number of rotatable bonds is 5. The van der Waals surface area contributed by atoms with Gasteiger partial charge < -0.3 is 14.8 Å². The van der Waals surface area contributed by atoms with Gasteiger partial charge in [-0.25, -0.2) is 9.59 Å². The summed E-state index contributed by atoms with van der Waals surface area (Å²) in [7, 11) is 0. The highest BCUT2D eigenvalue weighted by Crippen LogP contribution is 2.17. The number of ether oxygens (including phenoxy) is 2. The molecule has 1 aliphatic rings. The first-order valence-corrected chi connectivity index (χ1v) is 8.46. The molecule has 0 fully saturated rings. The summed E-state index contributed by atoms with van der Waals surface area (Å²) in [5, 5.41) is 2.71. The quantitative estimate of drug-likeness (QED) is 0.829. The summed E-state index contributed by atoms with van der Waals surface area (Å²) in [5.41, 5.74) is 0.413. The highest BCUT2D eigenvalue weighted by molar-refractivity contribution is 5.70. The minimum absolute atomic E-state index is 0.0794. The Hall–Kier alpha value is -2.50. The molecule has 1 aromatic rings. The number of carbonyl (C=O) groups is 2. The third kappa shape index (κ3) is 6.49. The molecule has 1 heterocycles. The average Bonchev–Trinajstić information content (AvgIpc) is 3.01. The number of hydrogen-bond donors (Lipinski definition) is 1. The standard InChI is InChI=1S/C19H26N2O4/c1-19(2,3)25-18(23)21-13-7-10-16(21)11-12-20-17(22)24-14-15-8-5-4-6-9-15/h4-10,16H,11-14H2,1-3H3,(H,20,22). The molecule has 0 saturated heterocycles. The maximum absolute atomic E-state index is 12.2. The summed E-state index contributed by atoms with van der Waals surface area (Å²) in [6, 6.07) is 9.42. The number of amides is 2. The number of carbonyl (C=O) groups excluding carboxylic acids is 2. The lowest BCUT2D eigenvalue weighted by Crippen LogP contribution is -2.41. The summed E-state index contributed by atoms with van der Waals surface area (Å²) in [6.07, 6.45) is 3.70. The summed E-state index contributed by atoms with van der Waals surface area (Å²) in [6.45, 7) is 6.70. The van der Waals surface area contributed by atoms with Crippen LogP contribution in [-0.4, -0.2) is 41.8 Å². The van der Waals surface area contributed by atoms with Crippen LogP contribution in [0.1, 0.15) is 32.8 Å². The van der Waals surface area contributed by atoms with E-state index in [-0.39, 0.29) is 18.7 Å². The van der Waals surface area contributed by atoms with Crippen LogP contribution < -0.4 is 5.32 Å². The molecular weight excluding hydrogens is 320 g/mol. The third-order valence-electron chi connectivity index (χ3n) is 3.61. The van der Waals surface area contributed by atoms with Crippen molar-refractivity contribution in [1.29, 1.82) is 0 Å². The van der Waals surface area contributed by atoms with Gasteiger partial charge in [-0.2, -0.15) is 0 Å². The Balaban J connectivity index is 1.70. The van der Waals surface area contributed by atoms with E-state index in [0.29, 0.717) is 19.5 Å². The monoisotopic (exact) mass is 346 g/mol. The molecule has 0 radical (unpaired) electrons. The van der Waals surface area contributed by atoms with Gasteiger partial charge in [0.05, 0.1) is 6.04 Å². The van der Waals surface area contributed by atoms with Crippen molar-refractivity contribution in [2.75, 3.05) is 13.1 Å². The van der Waals surface area contributed by atoms with Gasteiger partial charge in [0.25, 0.3) is 0 Å². The zero-order valence-electron chi connectivity index (χ0n) is 15.0. The SMILES string of the molecule is CC(C)(C)OC(=O)N1CC=CC1CCNC(=O)OCc1ccccc1. The predicted molar refractivity (Wildman–Crippen MR) is 95.1 cm³/mol. The van der Waals surface area contributed by atoms with E-state index in [4.69, 9.17) is 9.47 Å². The molecule has 25 heavy (non-hydrogen) atoms. The van der Waals surface area contributed by atoms with Gasteiger partial charge in [0.1, 0.15) is 12.2 Å². The maximum Gasteiger partial charge on any atom is 0.411 e. The van der Waals surface area contributed by atoms with Crippen molar-refractivity contribution in [1.82, 2.24) is 10.2 Å². The molecule has 1 atom stereocenters. The predicted octanol–water partition coefficient (Wildman–Crippen LogP) is 3.48. The smallest absolute Gasteiger partial charge is 0.411 e. The second-order valence-corrected chi connectivity index (χ2v) is 6.91. The first-order chi connectivity index (χ1) is 11.8. The van der Waals surface area contributed by atoms with Crippen LogP contribution in [0.25, 0.3) is 0 Å². The molecule has 0 aliphatic carbocycles. The molecule has 1 N–H and O–H groups in total. The molecule has 0 spiro atoms. The van der Waals surface area contributed by atoms with Crippen LogP contribution in [-0.2, 0) is 16.1 Å². The van der Waals surface area contributed by atoms with E-state index in [0.717, 1.165) is 5.56 Å². The van der Waals surface area contributed by atoms with Gasteiger partial charge in [-0.1, -0.05) is 42.5 Å². The zero-order chi connectivity index (χ0) is 18.3. The van der Waals surface area contributed by atoms with E-state index < -0.39 is 11.7 Å². The average molecular weight is 346 g/mol. The highest BCUT2D eigenvalue weighted by Gasteiger charge is 2.28. The Kier molecular flexibility index (Phi) is 6.44. The van der Waals surface area contributed by atoms with Crippen molar-refractivity contribution in [3.05, 3.63) is 48.0 Å². The fraction of sp³-hybridized carbons (Fsp3) is 0.474. The normalized spacial score (nSPS) is 16.6. The van der Waals surface area contributed by atoms with E-state index in [1.807, 2.05) is 63.3 Å². The fourth-order valence-corrected chi connectivity index (χ4v) is 2.45. The lowest BCUT2D eigenvalue weighted by Gasteiger charge is -2.28. The Bertz CT molecular complexity index is 608. The van der Waals surface area contributed by atoms with E-state index in [1.54, 1.807) is 4.90 Å². The van der Waals surface area contributed by atoms with Crippen molar-refractivity contribution in [2.45, 2.75) is 45.4 Å². The molecular formula is C19H26N2O4. The van der Waals surface area contributed by atoms with Gasteiger partial charge in [0, 0.05) is 13.1 Å². The summed E-state index contributed by atoms with van der Waals surface area (Å²) >= 11 is 0. The lowest BCUT2D eigenvalue weighted by atomic mass is 10.2. The molecule has 0 saturated carbocycles. The van der Waals surface area contributed by atoms with Gasteiger partial charge >= 0.3 is 12.2 Å². The Morgan fingerprint density at radius 1 is 1.24 bits per heavy atom. The highest BCUT2D eigenvalue weighted by atomic mass is 16.6. The largest absolute Gasteiger partial charge is 0.445 e. The Morgan fingerprint density at radius 3 is 2.64 bits per heavy atom. The van der Waals surface area contributed by atoms with Crippen LogP contribution in [0.4, 0.5) is 9.59 Å². The van der Waals surface area contributed by atoms with E-state index in [9.17, 15) is 9.59 Å². The van der Waals surface area contributed by atoms with Crippen LogP contribution in [0.2, 0.25) is 0 Å². The van der Waals surface area contributed by atoms with Crippen LogP contribution in [0.15, 0.2) is 42.5 Å². The topological polar surface area (TPSA) is 67.9 Å². The maximum atomic E-state index is 12.2. The van der Waals surface area contributed by atoms with E-state index in [1.165, 1.54) is 0 Å². The molecule has 2 amide bonds. The summed E-state index contributed by atoms with van der Waals surface area (Å²) in [5.74, 6) is 0. The van der Waals surface area contributed by atoms with Gasteiger partial charge in [-0.05, 0) is 32.8 Å². The molecule has 0 bridgehead atoms. The Labute approximate surface area is 148 Å². The molecule has 1 unspecified atom stereocenters. The second kappa shape index (κ2) is 8.55. The second-order valence-electron chi connectivity index (χ2n) is 6.91. The molecule has 1 aliphatic heterocycles. The van der Waals surface area contributed by atoms with Crippen LogP contribution in [0.3, 0.4) is 0 Å². The zero-order valence-corrected chi connectivity index (χ0v) is 15.0. The van der Waals surface area contributed by atoms with Crippen molar-refractivity contribution >= 4 is 12.2 Å². The molecule has 6 heteroatoms. The first kappa shape index (κ1) is 18.8. The number of nitrogens with zero attached hydrogens (tertiary/aromatic N) is 1. The number of hydrogen-bond acceptors (Lipinski definition) is 4. The van der Waals surface area contributed by atoms with Gasteiger partial charge in [0.15, 0.2) is 0 Å². The number of nitrogens with one attached hydrogen (secondary N) is 1. The summed E-state index contributed by atoms with van der Waals surface area (Å²) in [4.78, 5) is 25.6. The summed E-state index contributed by atoms with van der Waals surface area (Å²) < 4.78 is 10.6. The van der Waals surface area contributed by atoms with E-state index in [2.05, 4.69) is 5.32 Å². The lowest BCUT2D eigenvalue weighted by molar-refractivity contribution is 0.0237. The molecule has 136 valence electrons. The fourth-order valence-electron chi connectivity index (χ4n) is 2.45. The molecule has 2 rings (SSSR count). The molecule has 1 aromatic carbocycles. The number of benzene rings is 1. The van der Waals surface area contributed by atoms with Crippen LogP contribution in [0, 0.1) is 0 Å². The van der Waals surface area contributed by atoms with Crippen molar-refractivity contribution in [3.8, 4) is 0 Å². The number of alkyl carbamates (subject to hydrolysis) is 1. The van der Waals surface area contributed by atoms with Crippen LogP contribution in [0.5, 0.6) is 0 Å². The molecule has 0 aromatic heterocycles. The Morgan fingerprint density at radius 2 is 1.96 bits per heavy atom. The van der Waals surface area contributed by atoms with Crippen molar-refractivity contribution in [2.24, 2.45) is 0 Å².